The van der Waals surface area contributed by atoms with Gasteiger partial charge in [0.05, 0.1) is 0 Å². The number of hydrogen-bond acceptors (Lipinski definition) is 4. The Morgan fingerprint density at radius 3 is 2.33 bits per heavy atom. The zero-order valence-corrected chi connectivity index (χ0v) is 9.03. The average Bonchev–Trinajstić information content (AvgIpc) is 2.16. The quantitative estimate of drug-likeness (QED) is 0.216. The number of nitrogens with two attached hydrogens (primary N) is 2. The van der Waals surface area contributed by atoms with Gasteiger partial charge in [0, 0.05) is 5.56 Å². The molecule has 0 aromatic heterocycles. The van der Waals surface area contributed by atoms with E-state index in [2.05, 4.69) is 10.6 Å². The second kappa shape index (κ2) is 6.93. The van der Waals surface area contributed by atoms with Crippen LogP contribution in [0.5, 0.6) is 0 Å². The van der Waals surface area contributed by atoms with Crippen LogP contribution in [-0.2, 0) is 10.9 Å². The minimum Gasteiger partial charge on any atom is -0.290 e. The lowest BCUT2D eigenvalue weighted by Gasteiger charge is -1.98. The molecule has 0 heterocycles. The number of rotatable bonds is 1. The van der Waals surface area contributed by atoms with E-state index < -0.39 is 10.9 Å². The van der Waals surface area contributed by atoms with Gasteiger partial charge >= 0.3 is 0 Å². The zero-order valence-electron chi connectivity index (χ0n) is 8.14. The summed E-state index contributed by atoms with van der Waals surface area (Å²) in [4.78, 5) is 10.9. The van der Waals surface area contributed by atoms with Crippen LogP contribution in [-0.4, -0.2) is 14.3 Å². The highest BCUT2D eigenvalue weighted by molar-refractivity contribution is 7.69. The van der Waals surface area contributed by atoms with E-state index in [1.165, 1.54) is 0 Å². The number of benzene rings is 1. The Morgan fingerprint density at radius 1 is 1.40 bits per heavy atom. The van der Waals surface area contributed by atoms with Crippen molar-refractivity contribution in [3.8, 4) is 0 Å². The predicted molar refractivity (Wildman–Crippen MR) is 57.3 cm³/mol. The molecule has 0 aliphatic carbocycles. The molecule has 15 heavy (non-hydrogen) atoms. The Labute approximate surface area is 89.3 Å². The minimum absolute atomic E-state index is 0.256. The molecule has 0 bridgehead atoms. The second-order valence-corrected chi connectivity index (χ2v) is 3.20. The summed E-state index contributed by atoms with van der Waals surface area (Å²) in [6.07, 6.45) is 0. The van der Waals surface area contributed by atoms with Crippen molar-refractivity contribution < 1.29 is 13.2 Å². The number of hydrogen-bond donors (Lipinski definition) is 4. The van der Waals surface area contributed by atoms with Gasteiger partial charge in [-0.15, -0.1) is 0 Å². The first-order chi connectivity index (χ1) is 6.97. The van der Waals surface area contributed by atoms with E-state index in [-0.39, 0.29) is 5.91 Å². The Morgan fingerprint density at radius 2 is 1.93 bits per heavy atom. The summed E-state index contributed by atoms with van der Waals surface area (Å²) in [5.41, 5.74) is 3.71. The van der Waals surface area contributed by atoms with E-state index in [1.807, 2.05) is 19.1 Å². The summed E-state index contributed by atoms with van der Waals surface area (Å²) in [5.74, 6) is 4.70. The number of amides is 1. The summed E-state index contributed by atoms with van der Waals surface area (Å²) < 4.78 is 17.6. The maximum absolute atomic E-state index is 10.9. The zero-order chi connectivity index (χ0) is 11.8. The van der Waals surface area contributed by atoms with Gasteiger partial charge < -0.3 is 0 Å². The number of carbonyl (C=O) groups is 1. The van der Waals surface area contributed by atoms with Gasteiger partial charge in [0.2, 0.25) is 0 Å². The molecule has 1 amide bonds. The fraction of sp³-hybridized carbons (Fsp3) is 0.125. The molecule has 0 atom stereocenters. The van der Waals surface area contributed by atoms with Crippen molar-refractivity contribution in [3.05, 3.63) is 35.4 Å². The third-order valence-corrected chi connectivity index (χ3v) is 1.41. The van der Waals surface area contributed by atoms with Crippen molar-refractivity contribution >= 4 is 16.8 Å². The highest BCUT2D eigenvalue weighted by atomic mass is 32.2. The maximum atomic E-state index is 10.9. The molecular weight excluding hydrogens is 218 g/mol. The lowest BCUT2D eigenvalue weighted by atomic mass is 10.1. The molecule has 0 fully saturated rings. The SMILES string of the molecule is Cc1cccc(C(=O)NN)c1.N[SH](=O)=O. The third kappa shape index (κ3) is 6.61. The number of nitrogens with one attached hydrogen (secondary N) is 1. The molecule has 84 valence electrons. The number of carbonyl (C=O) groups excluding carboxylic acids is 1. The van der Waals surface area contributed by atoms with Gasteiger partial charge in [0.1, 0.15) is 0 Å². The van der Waals surface area contributed by atoms with Crippen LogP contribution in [0, 0.1) is 6.92 Å². The van der Waals surface area contributed by atoms with E-state index in [4.69, 9.17) is 14.3 Å². The summed E-state index contributed by atoms with van der Waals surface area (Å²) in [5, 5.41) is 4.06. The Balaban J connectivity index is 0.000000423. The van der Waals surface area contributed by atoms with Crippen LogP contribution in [0.4, 0.5) is 0 Å². The van der Waals surface area contributed by atoms with E-state index in [0.29, 0.717) is 5.56 Å². The first kappa shape index (κ1) is 13.6. The average molecular weight is 231 g/mol. The Bertz CT molecular complexity index is 396. The first-order valence-corrected chi connectivity index (χ1v) is 5.18. The van der Waals surface area contributed by atoms with E-state index in [0.717, 1.165) is 5.56 Å². The van der Waals surface area contributed by atoms with E-state index in [9.17, 15) is 4.79 Å². The van der Waals surface area contributed by atoms with Crippen LogP contribution in [0.2, 0.25) is 0 Å². The first-order valence-electron chi connectivity index (χ1n) is 3.94. The number of thiol groups is 1. The molecule has 1 rings (SSSR count). The van der Waals surface area contributed by atoms with Gasteiger partial charge in [-0.25, -0.2) is 19.4 Å². The fourth-order valence-corrected chi connectivity index (χ4v) is 0.870. The standard InChI is InChI=1S/C8H10N2O.H3NO2S/c1-6-3-2-4-7(5-6)8(11)10-9;1-4(2)3/h2-5H,9H2,1H3,(H,10,11);4H,(H2,1,2,3). The van der Waals surface area contributed by atoms with Gasteiger partial charge in [0.15, 0.2) is 10.9 Å². The molecule has 6 nitrogen and oxygen atoms in total. The molecule has 0 saturated heterocycles. The van der Waals surface area contributed by atoms with Crippen molar-refractivity contribution in [1.82, 2.24) is 5.43 Å². The highest BCUT2D eigenvalue weighted by Gasteiger charge is 2.00. The Hall–Kier alpha value is -1.44. The minimum atomic E-state index is -2.62. The van der Waals surface area contributed by atoms with Crippen LogP contribution in [0.3, 0.4) is 0 Å². The van der Waals surface area contributed by atoms with Crippen LogP contribution in [0.1, 0.15) is 15.9 Å². The van der Waals surface area contributed by atoms with E-state index >= 15 is 0 Å². The summed E-state index contributed by atoms with van der Waals surface area (Å²) in [6, 6.07) is 7.24. The molecule has 1 aromatic carbocycles. The molecule has 0 aliphatic rings. The molecule has 0 aliphatic heterocycles. The van der Waals surface area contributed by atoms with Crippen LogP contribution >= 0.6 is 0 Å². The Kier molecular flexibility index (Phi) is 6.27. The second-order valence-electron chi connectivity index (χ2n) is 2.63. The fourth-order valence-electron chi connectivity index (χ4n) is 0.870. The van der Waals surface area contributed by atoms with Gasteiger partial charge in [0.25, 0.3) is 5.91 Å². The number of aryl methyl sites for hydroxylation is 1. The lowest BCUT2D eigenvalue weighted by molar-refractivity contribution is 0.0953. The normalized spacial score (nSPS) is 9.07. The summed E-state index contributed by atoms with van der Waals surface area (Å²) in [7, 11) is -2.62. The van der Waals surface area contributed by atoms with Crippen LogP contribution in [0.25, 0.3) is 0 Å². The lowest BCUT2D eigenvalue weighted by Crippen LogP contribution is -2.29. The molecule has 0 spiro atoms. The maximum Gasteiger partial charge on any atom is 0.265 e. The molecular formula is C8H13N3O3S. The van der Waals surface area contributed by atoms with Crippen molar-refractivity contribution in [2.45, 2.75) is 6.92 Å². The van der Waals surface area contributed by atoms with Crippen LogP contribution < -0.4 is 16.4 Å². The molecule has 1 aromatic rings. The topological polar surface area (TPSA) is 115 Å². The highest BCUT2D eigenvalue weighted by Crippen LogP contribution is 2.02. The van der Waals surface area contributed by atoms with Gasteiger partial charge in [-0.3, -0.25) is 10.2 Å². The smallest absolute Gasteiger partial charge is 0.265 e. The van der Waals surface area contributed by atoms with Gasteiger partial charge in [-0.2, -0.15) is 0 Å². The van der Waals surface area contributed by atoms with Gasteiger partial charge in [-0.05, 0) is 19.1 Å². The summed E-state index contributed by atoms with van der Waals surface area (Å²) in [6.45, 7) is 1.92. The van der Waals surface area contributed by atoms with Gasteiger partial charge in [-0.1, -0.05) is 17.7 Å². The largest absolute Gasteiger partial charge is 0.290 e. The summed E-state index contributed by atoms with van der Waals surface area (Å²) >= 11 is 0. The molecule has 5 N–H and O–H groups in total. The monoisotopic (exact) mass is 231 g/mol. The van der Waals surface area contributed by atoms with Crippen molar-refractivity contribution in [2.24, 2.45) is 11.0 Å². The molecule has 0 saturated carbocycles. The number of nitrogen functional groups attached to an aromatic ring is 1. The third-order valence-electron chi connectivity index (χ3n) is 1.41. The van der Waals surface area contributed by atoms with Crippen LogP contribution in [0.15, 0.2) is 24.3 Å². The number of hydrazine groups is 1. The van der Waals surface area contributed by atoms with E-state index in [1.54, 1.807) is 12.1 Å². The predicted octanol–water partition coefficient (Wildman–Crippen LogP) is -0.930. The van der Waals surface area contributed by atoms with Crippen molar-refractivity contribution in [2.75, 3.05) is 0 Å². The molecule has 7 heteroatoms. The van der Waals surface area contributed by atoms with Crippen molar-refractivity contribution in [1.29, 1.82) is 0 Å². The molecule has 0 radical (unpaired) electrons. The molecule has 0 unspecified atom stereocenters. The van der Waals surface area contributed by atoms with Crippen molar-refractivity contribution in [3.63, 3.8) is 0 Å².